The number of amides is 1. The summed E-state index contributed by atoms with van der Waals surface area (Å²) in [7, 11) is 0. The van der Waals surface area contributed by atoms with Gasteiger partial charge >= 0.3 is 6.18 Å². The lowest BCUT2D eigenvalue weighted by Crippen LogP contribution is -2.30. The third-order valence-electron chi connectivity index (χ3n) is 4.75. The molecule has 0 unspecified atom stereocenters. The van der Waals surface area contributed by atoms with Crippen LogP contribution >= 0.6 is 12.2 Å². The van der Waals surface area contributed by atoms with Gasteiger partial charge in [0.05, 0.1) is 11.3 Å². The number of nitrogens with one attached hydrogen (secondary N) is 1. The van der Waals surface area contributed by atoms with E-state index < -0.39 is 11.7 Å². The molecule has 1 amide bonds. The number of rotatable bonds is 5. The molecular formula is C23H17F3N2O3S. The Hall–Kier alpha value is -3.59. The maximum Gasteiger partial charge on any atom is 0.416 e. The summed E-state index contributed by atoms with van der Waals surface area (Å²) in [5.74, 6) is 0.515. The molecule has 1 saturated heterocycles. The quantitative estimate of drug-likeness (QED) is 0.407. The predicted octanol–water partition coefficient (Wildman–Crippen LogP) is 5.45. The molecule has 0 bridgehead atoms. The molecule has 0 radical (unpaired) electrons. The summed E-state index contributed by atoms with van der Waals surface area (Å²) in [5, 5.41) is 3.15. The third-order valence-corrected chi connectivity index (χ3v) is 5.03. The highest BCUT2D eigenvalue weighted by Crippen LogP contribution is 2.31. The number of ether oxygens (including phenoxy) is 1. The van der Waals surface area contributed by atoms with Crippen molar-refractivity contribution in [2.24, 2.45) is 0 Å². The molecule has 0 saturated carbocycles. The van der Waals surface area contributed by atoms with Gasteiger partial charge in [-0.1, -0.05) is 24.3 Å². The van der Waals surface area contributed by atoms with Gasteiger partial charge in [-0.2, -0.15) is 13.2 Å². The SMILES string of the molecule is Cc1ccccc1N1C(=O)/C(=C\c2ccc(COc3cccc(C(F)(F)F)c3)o2)NC1=S. The lowest BCUT2D eigenvalue weighted by molar-refractivity contribution is -0.137. The van der Waals surface area contributed by atoms with Crippen molar-refractivity contribution < 1.29 is 27.1 Å². The number of nitrogens with zero attached hydrogens (tertiary/aromatic N) is 1. The second-order valence-corrected chi connectivity index (χ2v) is 7.42. The molecule has 4 rings (SSSR count). The van der Waals surface area contributed by atoms with E-state index in [1.165, 1.54) is 23.1 Å². The Balaban J connectivity index is 1.46. The lowest BCUT2D eigenvalue weighted by atomic mass is 10.2. The van der Waals surface area contributed by atoms with E-state index in [2.05, 4.69) is 5.32 Å². The molecule has 3 aromatic rings. The number of benzene rings is 2. The predicted molar refractivity (Wildman–Crippen MR) is 117 cm³/mol. The minimum absolute atomic E-state index is 0.0698. The Morgan fingerprint density at radius 1 is 1.12 bits per heavy atom. The summed E-state index contributed by atoms with van der Waals surface area (Å²) in [6, 6.07) is 15.2. The monoisotopic (exact) mass is 458 g/mol. The number of para-hydroxylation sites is 1. The Labute approximate surface area is 187 Å². The number of aryl methyl sites for hydroxylation is 1. The molecule has 9 heteroatoms. The van der Waals surface area contributed by atoms with Crippen LogP contribution in [0, 0.1) is 6.92 Å². The van der Waals surface area contributed by atoms with Crippen molar-refractivity contribution in [3.05, 3.63) is 89.0 Å². The molecule has 1 fully saturated rings. The van der Waals surface area contributed by atoms with Gasteiger partial charge in [-0.15, -0.1) is 0 Å². The first kappa shape index (κ1) is 21.6. The smallest absolute Gasteiger partial charge is 0.416 e. The van der Waals surface area contributed by atoms with Crippen LogP contribution in [0.25, 0.3) is 6.08 Å². The van der Waals surface area contributed by atoms with Crippen molar-refractivity contribution in [3.63, 3.8) is 0 Å². The van der Waals surface area contributed by atoms with Gasteiger partial charge in [-0.25, -0.2) is 0 Å². The maximum absolute atomic E-state index is 12.9. The highest BCUT2D eigenvalue weighted by molar-refractivity contribution is 7.80. The van der Waals surface area contributed by atoms with Crippen LogP contribution in [0.3, 0.4) is 0 Å². The fourth-order valence-electron chi connectivity index (χ4n) is 3.18. The second-order valence-electron chi connectivity index (χ2n) is 7.03. The van der Waals surface area contributed by atoms with Gasteiger partial charge in [0.1, 0.15) is 29.6 Å². The minimum Gasteiger partial charge on any atom is -0.486 e. The van der Waals surface area contributed by atoms with Gasteiger partial charge < -0.3 is 14.5 Å². The molecule has 1 aliphatic rings. The first-order valence-electron chi connectivity index (χ1n) is 9.54. The van der Waals surface area contributed by atoms with E-state index in [0.717, 1.165) is 17.7 Å². The van der Waals surface area contributed by atoms with E-state index in [0.29, 0.717) is 17.2 Å². The highest BCUT2D eigenvalue weighted by Gasteiger charge is 2.33. The number of anilines is 1. The largest absolute Gasteiger partial charge is 0.486 e. The van der Waals surface area contributed by atoms with Crippen molar-refractivity contribution in [3.8, 4) is 5.75 Å². The van der Waals surface area contributed by atoms with Crippen LogP contribution in [-0.2, 0) is 17.6 Å². The lowest BCUT2D eigenvalue weighted by Gasteiger charge is -2.16. The zero-order chi connectivity index (χ0) is 22.9. The van der Waals surface area contributed by atoms with Crippen LogP contribution in [0.5, 0.6) is 5.75 Å². The van der Waals surface area contributed by atoms with Crippen LogP contribution < -0.4 is 15.0 Å². The van der Waals surface area contributed by atoms with Gasteiger partial charge in [-0.05, 0) is 61.1 Å². The fourth-order valence-corrected chi connectivity index (χ4v) is 3.47. The molecule has 0 spiro atoms. The number of thiocarbonyl (C=S) groups is 1. The van der Waals surface area contributed by atoms with Crippen molar-refractivity contribution in [2.75, 3.05) is 4.90 Å². The van der Waals surface area contributed by atoms with E-state index in [9.17, 15) is 18.0 Å². The van der Waals surface area contributed by atoms with Crippen molar-refractivity contribution in [1.82, 2.24) is 5.32 Å². The van der Waals surface area contributed by atoms with E-state index in [1.807, 2.05) is 25.1 Å². The Morgan fingerprint density at radius 2 is 1.91 bits per heavy atom. The zero-order valence-electron chi connectivity index (χ0n) is 16.8. The first-order chi connectivity index (χ1) is 15.2. The molecular weight excluding hydrogens is 441 g/mol. The molecule has 5 nitrogen and oxygen atoms in total. The fraction of sp³-hybridized carbons (Fsp3) is 0.130. The average Bonchev–Trinajstić information content (AvgIpc) is 3.31. The summed E-state index contributed by atoms with van der Waals surface area (Å²) in [6.45, 7) is 1.82. The topological polar surface area (TPSA) is 54.7 Å². The molecule has 0 atom stereocenters. The Morgan fingerprint density at radius 3 is 2.66 bits per heavy atom. The summed E-state index contributed by atoms with van der Waals surface area (Å²) >= 11 is 5.31. The van der Waals surface area contributed by atoms with Crippen molar-refractivity contribution >= 4 is 35.0 Å². The minimum atomic E-state index is -4.45. The number of hydrogen-bond donors (Lipinski definition) is 1. The van der Waals surface area contributed by atoms with Gasteiger partial charge in [0.2, 0.25) is 0 Å². The van der Waals surface area contributed by atoms with E-state index >= 15 is 0 Å². The van der Waals surface area contributed by atoms with Gasteiger partial charge in [-0.3, -0.25) is 9.69 Å². The van der Waals surface area contributed by atoms with Crippen molar-refractivity contribution in [2.45, 2.75) is 19.7 Å². The molecule has 2 aromatic carbocycles. The summed E-state index contributed by atoms with van der Waals surface area (Å²) < 4.78 is 49.5. The number of furan rings is 1. The standard InChI is InChI=1S/C23H17F3N2O3S/c1-14-5-2-3-8-20(14)28-21(29)19(27-22(28)32)12-17-9-10-18(31-17)13-30-16-7-4-6-15(11-16)23(24,25)26/h2-12H,13H2,1H3,(H,27,32)/b19-12+. The van der Waals surface area contributed by atoms with E-state index in [1.54, 1.807) is 18.2 Å². The van der Waals surface area contributed by atoms with Crippen LogP contribution in [0.4, 0.5) is 18.9 Å². The molecule has 1 aliphatic heterocycles. The Kier molecular flexibility index (Phi) is 5.75. The summed E-state index contributed by atoms with van der Waals surface area (Å²) in [6.07, 6.45) is -2.93. The third kappa shape index (κ3) is 4.52. The molecule has 32 heavy (non-hydrogen) atoms. The van der Waals surface area contributed by atoms with Crippen LogP contribution in [0.1, 0.15) is 22.6 Å². The zero-order valence-corrected chi connectivity index (χ0v) is 17.6. The summed E-state index contributed by atoms with van der Waals surface area (Å²) in [5.41, 5.74) is 1.05. The second kappa shape index (κ2) is 8.51. The number of halogens is 3. The van der Waals surface area contributed by atoms with Crippen LogP contribution in [0.2, 0.25) is 0 Å². The Bertz CT molecular complexity index is 1220. The average molecular weight is 458 g/mol. The van der Waals surface area contributed by atoms with Gasteiger partial charge in [0.15, 0.2) is 5.11 Å². The first-order valence-corrected chi connectivity index (χ1v) is 9.95. The van der Waals surface area contributed by atoms with Crippen LogP contribution in [-0.4, -0.2) is 11.0 Å². The van der Waals surface area contributed by atoms with Gasteiger partial charge in [0, 0.05) is 6.08 Å². The maximum atomic E-state index is 12.9. The van der Waals surface area contributed by atoms with E-state index in [4.69, 9.17) is 21.4 Å². The number of carbonyl (C=O) groups is 1. The normalized spacial score (nSPS) is 15.4. The summed E-state index contributed by atoms with van der Waals surface area (Å²) in [4.78, 5) is 14.3. The molecule has 1 aromatic heterocycles. The van der Waals surface area contributed by atoms with Crippen molar-refractivity contribution in [1.29, 1.82) is 0 Å². The number of carbonyl (C=O) groups excluding carboxylic acids is 1. The van der Waals surface area contributed by atoms with Crippen LogP contribution in [0.15, 0.2) is 70.8 Å². The highest BCUT2D eigenvalue weighted by atomic mass is 32.1. The van der Waals surface area contributed by atoms with E-state index in [-0.39, 0.29) is 29.1 Å². The number of alkyl halides is 3. The molecule has 0 aliphatic carbocycles. The molecule has 1 N–H and O–H groups in total. The number of hydrogen-bond acceptors (Lipinski definition) is 4. The molecule has 164 valence electrons. The van der Waals surface area contributed by atoms with Gasteiger partial charge in [0.25, 0.3) is 5.91 Å². The molecule has 2 heterocycles.